The third-order valence-electron chi connectivity index (χ3n) is 3.79. The summed E-state index contributed by atoms with van der Waals surface area (Å²) in [6.45, 7) is 0.318. The Kier molecular flexibility index (Phi) is 7.83. The van der Waals surface area contributed by atoms with E-state index in [4.69, 9.17) is 9.47 Å². The van der Waals surface area contributed by atoms with Crippen molar-refractivity contribution in [2.75, 3.05) is 33.9 Å². The molecule has 0 atom stereocenters. The lowest BCUT2D eigenvalue weighted by Crippen LogP contribution is -2.40. The second-order valence-corrected chi connectivity index (χ2v) is 5.76. The number of carbonyl (C=O) groups is 3. The molecular weight excluding hydrogens is 362 g/mol. The van der Waals surface area contributed by atoms with Crippen LogP contribution in [0.1, 0.15) is 20.7 Å². The third-order valence-corrected chi connectivity index (χ3v) is 3.79. The van der Waals surface area contributed by atoms with Crippen molar-refractivity contribution < 1.29 is 23.9 Å². The van der Waals surface area contributed by atoms with Crippen LogP contribution in [0.15, 0.2) is 48.5 Å². The largest absolute Gasteiger partial charge is 0.497 e. The molecule has 8 nitrogen and oxygen atoms in total. The smallest absolute Gasteiger partial charge is 0.251 e. The number of ether oxygens (including phenoxy) is 2. The topological polar surface area (TPSA) is 106 Å². The molecule has 0 saturated heterocycles. The Hall–Kier alpha value is -3.55. The van der Waals surface area contributed by atoms with Gasteiger partial charge in [-0.25, -0.2) is 0 Å². The summed E-state index contributed by atoms with van der Waals surface area (Å²) in [6, 6.07) is 13.5. The molecule has 0 aliphatic carbocycles. The van der Waals surface area contributed by atoms with Gasteiger partial charge in [-0.15, -0.1) is 0 Å². The zero-order valence-corrected chi connectivity index (χ0v) is 15.8. The van der Waals surface area contributed by atoms with Gasteiger partial charge in [0.05, 0.1) is 20.8 Å². The molecule has 0 saturated carbocycles. The van der Waals surface area contributed by atoms with Gasteiger partial charge in [0.15, 0.2) is 0 Å². The fourth-order valence-electron chi connectivity index (χ4n) is 2.33. The zero-order valence-electron chi connectivity index (χ0n) is 15.8. The van der Waals surface area contributed by atoms with Crippen LogP contribution >= 0.6 is 0 Å². The van der Waals surface area contributed by atoms with Crippen molar-refractivity contribution in [3.05, 3.63) is 59.7 Å². The standard InChI is InChI=1S/C20H23N3O5/c1-27-16-10-15(11-17(12-16)28-2)20(26)22-9-8-21-18(24)13-23-19(25)14-6-4-3-5-7-14/h3-7,10-12H,8-9,13H2,1-2H3,(H,21,24)(H,22,26)(H,23,25). The third kappa shape index (κ3) is 6.31. The van der Waals surface area contributed by atoms with Crippen molar-refractivity contribution in [1.29, 1.82) is 0 Å². The molecule has 0 spiro atoms. The number of benzene rings is 2. The predicted octanol–water partition coefficient (Wildman–Crippen LogP) is 0.980. The van der Waals surface area contributed by atoms with Gasteiger partial charge in [0.25, 0.3) is 11.8 Å². The maximum absolute atomic E-state index is 12.2. The average molecular weight is 385 g/mol. The predicted molar refractivity (Wildman–Crippen MR) is 104 cm³/mol. The normalized spacial score (nSPS) is 9.93. The van der Waals surface area contributed by atoms with E-state index in [-0.39, 0.29) is 37.4 Å². The van der Waals surface area contributed by atoms with Crippen molar-refractivity contribution >= 4 is 17.7 Å². The summed E-state index contributed by atoms with van der Waals surface area (Å²) in [7, 11) is 3.01. The van der Waals surface area contributed by atoms with Gasteiger partial charge in [-0.2, -0.15) is 0 Å². The van der Waals surface area contributed by atoms with Gasteiger partial charge in [-0.05, 0) is 24.3 Å². The zero-order chi connectivity index (χ0) is 20.4. The van der Waals surface area contributed by atoms with Gasteiger partial charge in [0, 0.05) is 30.3 Å². The van der Waals surface area contributed by atoms with Gasteiger partial charge in [0.2, 0.25) is 5.91 Å². The van der Waals surface area contributed by atoms with Gasteiger partial charge < -0.3 is 25.4 Å². The quantitative estimate of drug-likeness (QED) is 0.558. The first-order valence-electron chi connectivity index (χ1n) is 8.64. The molecule has 0 aliphatic heterocycles. The number of nitrogens with one attached hydrogen (secondary N) is 3. The molecule has 0 aliphatic rings. The van der Waals surface area contributed by atoms with Crippen molar-refractivity contribution in [3.63, 3.8) is 0 Å². The average Bonchev–Trinajstić information content (AvgIpc) is 2.74. The van der Waals surface area contributed by atoms with Crippen LogP contribution in [0.3, 0.4) is 0 Å². The highest BCUT2D eigenvalue weighted by molar-refractivity contribution is 5.96. The minimum Gasteiger partial charge on any atom is -0.497 e. The fourth-order valence-corrected chi connectivity index (χ4v) is 2.33. The molecule has 0 heterocycles. The maximum Gasteiger partial charge on any atom is 0.251 e. The van der Waals surface area contributed by atoms with Gasteiger partial charge >= 0.3 is 0 Å². The summed E-state index contributed by atoms with van der Waals surface area (Å²) in [4.78, 5) is 35.9. The fraction of sp³-hybridized carbons (Fsp3) is 0.250. The monoisotopic (exact) mass is 385 g/mol. The van der Waals surface area contributed by atoms with Crippen LogP contribution in [-0.2, 0) is 4.79 Å². The molecule has 0 aromatic heterocycles. The van der Waals surface area contributed by atoms with E-state index < -0.39 is 0 Å². The maximum atomic E-state index is 12.2. The lowest BCUT2D eigenvalue weighted by atomic mass is 10.2. The Morgan fingerprint density at radius 3 is 1.93 bits per heavy atom. The van der Waals surface area contributed by atoms with Crippen LogP contribution in [0.2, 0.25) is 0 Å². The Morgan fingerprint density at radius 2 is 1.32 bits per heavy atom. The van der Waals surface area contributed by atoms with Crippen LogP contribution in [0.4, 0.5) is 0 Å². The molecule has 0 unspecified atom stereocenters. The number of hydrogen-bond acceptors (Lipinski definition) is 5. The molecule has 3 amide bonds. The highest BCUT2D eigenvalue weighted by atomic mass is 16.5. The Morgan fingerprint density at radius 1 is 0.750 bits per heavy atom. The van der Waals surface area contributed by atoms with E-state index in [2.05, 4.69) is 16.0 Å². The number of hydrogen-bond donors (Lipinski definition) is 3. The Bertz CT molecular complexity index is 802. The first-order valence-corrected chi connectivity index (χ1v) is 8.64. The first kappa shape index (κ1) is 20.8. The van der Waals surface area contributed by atoms with Crippen LogP contribution in [0, 0.1) is 0 Å². The van der Waals surface area contributed by atoms with E-state index in [1.807, 2.05) is 0 Å². The van der Waals surface area contributed by atoms with Crippen molar-refractivity contribution in [1.82, 2.24) is 16.0 Å². The number of amides is 3. The lowest BCUT2D eigenvalue weighted by molar-refractivity contribution is -0.120. The molecular formula is C20H23N3O5. The van der Waals surface area contributed by atoms with Crippen molar-refractivity contribution in [3.8, 4) is 11.5 Å². The van der Waals surface area contributed by atoms with Crippen LogP contribution in [-0.4, -0.2) is 51.6 Å². The van der Waals surface area contributed by atoms with Crippen LogP contribution in [0.25, 0.3) is 0 Å². The molecule has 2 aromatic carbocycles. The Labute approximate surface area is 163 Å². The van der Waals surface area contributed by atoms with E-state index in [1.165, 1.54) is 14.2 Å². The second kappa shape index (κ2) is 10.6. The van der Waals surface area contributed by atoms with Crippen molar-refractivity contribution in [2.24, 2.45) is 0 Å². The number of rotatable bonds is 9. The first-order chi connectivity index (χ1) is 13.5. The van der Waals surface area contributed by atoms with E-state index in [0.717, 1.165) is 0 Å². The van der Waals surface area contributed by atoms with E-state index >= 15 is 0 Å². The summed E-state index contributed by atoms with van der Waals surface area (Å²) in [5, 5.41) is 7.85. The van der Waals surface area contributed by atoms with E-state index in [0.29, 0.717) is 22.6 Å². The summed E-state index contributed by atoms with van der Waals surface area (Å²) < 4.78 is 10.3. The summed E-state index contributed by atoms with van der Waals surface area (Å²) in [6.07, 6.45) is 0. The molecule has 8 heteroatoms. The molecule has 0 bridgehead atoms. The van der Waals surface area contributed by atoms with Gasteiger partial charge in [-0.3, -0.25) is 14.4 Å². The molecule has 2 aromatic rings. The minimum atomic E-state index is -0.346. The molecule has 28 heavy (non-hydrogen) atoms. The van der Waals surface area contributed by atoms with Crippen molar-refractivity contribution in [2.45, 2.75) is 0 Å². The molecule has 2 rings (SSSR count). The summed E-state index contributed by atoms with van der Waals surface area (Å²) in [5.41, 5.74) is 0.869. The minimum absolute atomic E-state index is 0.144. The van der Waals surface area contributed by atoms with E-state index in [9.17, 15) is 14.4 Å². The number of methoxy groups -OCH3 is 2. The van der Waals surface area contributed by atoms with Gasteiger partial charge in [0.1, 0.15) is 11.5 Å². The SMILES string of the molecule is COc1cc(OC)cc(C(=O)NCCNC(=O)CNC(=O)c2ccccc2)c1. The number of carbonyl (C=O) groups excluding carboxylic acids is 3. The lowest BCUT2D eigenvalue weighted by Gasteiger charge is -2.10. The molecule has 0 radical (unpaired) electrons. The highest BCUT2D eigenvalue weighted by Crippen LogP contribution is 2.22. The highest BCUT2D eigenvalue weighted by Gasteiger charge is 2.10. The van der Waals surface area contributed by atoms with Gasteiger partial charge in [-0.1, -0.05) is 18.2 Å². The van der Waals surface area contributed by atoms with Crippen LogP contribution < -0.4 is 25.4 Å². The second-order valence-electron chi connectivity index (χ2n) is 5.76. The molecule has 3 N–H and O–H groups in total. The van der Waals surface area contributed by atoms with E-state index in [1.54, 1.807) is 48.5 Å². The van der Waals surface area contributed by atoms with Crippen LogP contribution in [0.5, 0.6) is 11.5 Å². The molecule has 0 fully saturated rings. The molecule has 148 valence electrons. The Balaban J connectivity index is 1.71. The summed E-state index contributed by atoms with van der Waals surface area (Å²) >= 11 is 0. The summed E-state index contributed by atoms with van der Waals surface area (Å²) in [5.74, 6) is 0.0281.